The van der Waals surface area contributed by atoms with E-state index >= 15 is 0 Å². The molecule has 1 nitrogen and oxygen atoms in total. The number of nitrogens with zero attached hydrogens (tertiary/aromatic N) is 1. The first-order chi connectivity index (χ1) is 15.0. The summed E-state index contributed by atoms with van der Waals surface area (Å²) in [6.45, 7) is 6.89. The van der Waals surface area contributed by atoms with Crippen molar-refractivity contribution >= 4 is 10.8 Å². The summed E-state index contributed by atoms with van der Waals surface area (Å²) in [5, 5.41) is 2.81. The van der Waals surface area contributed by atoms with Crippen molar-refractivity contribution in [1.29, 1.82) is 0 Å². The van der Waals surface area contributed by atoms with Crippen LogP contribution >= 0.6 is 0 Å². The van der Waals surface area contributed by atoms with Crippen LogP contribution in [-0.2, 0) is 7.05 Å². The second-order valence-corrected chi connectivity index (χ2v) is 10.4. The van der Waals surface area contributed by atoms with Gasteiger partial charge in [0.1, 0.15) is 7.05 Å². The predicted octanol–water partition coefficient (Wildman–Crippen LogP) is 7.96. The second-order valence-electron chi connectivity index (χ2n) is 10.4. The van der Waals surface area contributed by atoms with E-state index < -0.39 is 0 Å². The number of aromatic nitrogens is 1. The Labute approximate surface area is 188 Å². The van der Waals surface area contributed by atoms with Crippen molar-refractivity contribution in [2.24, 2.45) is 7.05 Å². The van der Waals surface area contributed by atoms with Gasteiger partial charge in [-0.25, -0.2) is 0 Å². The molecule has 0 saturated heterocycles. The molecule has 0 N–H and O–H groups in total. The monoisotopic (exact) mass is 412 g/mol. The molecule has 0 bridgehead atoms. The van der Waals surface area contributed by atoms with E-state index in [2.05, 4.69) is 68.8 Å². The van der Waals surface area contributed by atoms with Crippen molar-refractivity contribution < 1.29 is 4.57 Å². The van der Waals surface area contributed by atoms with E-state index in [0.29, 0.717) is 0 Å². The lowest BCUT2D eigenvalue weighted by molar-refractivity contribution is -0.665. The summed E-state index contributed by atoms with van der Waals surface area (Å²) in [5.74, 6) is 1.50. The van der Waals surface area contributed by atoms with E-state index in [0.717, 1.165) is 11.8 Å². The first-order valence-corrected chi connectivity index (χ1v) is 12.6. The normalized spacial score (nSPS) is 18.2. The van der Waals surface area contributed by atoms with E-state index in [9.17, 15) is 0 Å². The van der Waals surface area contributed by atoms with E-state index in [1.54, 1.807) is 11.1 Å². The molecule has 0 unspecified atom stereocenters. The maximum Gasteiger partial charge on any atom is 0.220 e. The highest BCUT2D eigenvalue weighted by Gasteiger charge is 2.25. The summed E-state index contributed by atoms with van der Waals surface area (Å²) in [5.41, 5.74) is 10.2. The lowest BCUT2D eigenvalue weighted by Gasteiger charge is -2.24. The lowest BCUT2D eigenvalue weighted by atomic mass is 9.81. The Hall–Kier alpha value is -2.15. The van der Waals surface area contributed by atoms with E-state index in [4.69, 9.17) is 0 Å². The fourth-order valence-electron chi connectivity index (χ4n) is 6.24. The van der Waals surface area contributed by atoms with Gasteiger partial charge < -0.3 is 0 Å². The zero-order valence-corrected chi connectivity index (χ0v) is 19.9. The van der Waals surface area contributed by atoms with Crippen molar-refractivity contribution in [1.82, 2.24) is 0 Å². The van der Waals surface area contributed by atoms with Crippen LogP contribution in [0.4, 0.5) is 0 Å². The van der Waals surface area contributed by atoms with Crippen LogP contribution in [0.1, 0.15) is 97.6 Å². The molecule has 162 valence electrons. The summed E-state index contributed by atoms with van der Waals surface area (Å²) < 4.78 is 2.42. The quantitative estimate of drug-likeness (QED) is 0.384. The van der Waals surface area contributed by atoms with Gasteiger partial charge in [-0.3, -0.25) is 0 Å². The number of aryl methyl sites for hydroxylation is 2. The summed E-state index contributed by atoms with van der Waals surface area (Å²) in [4.78, 5) is 0. The van der Waals surface area contributed by atoms with Crippen LogP contribution < -0.4 is 4.57 Å². The maximum atomic E-state index is 2.54. The van der Waals surface area contributed by atoms with E-state index in [-0.39, 0.29) is 0 Å². The van der Waals surface area contributed by atoms with Crippen LogP contribution in [0.25, 0.3) is 22.0 Å². The predicted molar refractivity (Wildman–Crippen MR) is 132 cm³/mol. The molecule has 2 aromatic carbocycles. The zero-order chi connectivity index (χ0) is 21.5. The van der Waals surface area contributed by atoms with Gasteiger partial charge in [0.25, 0.3) is 0 Å². The third kappa shape index (κ3) is 3.81. The summed E-state index contributed by atoms with van der Waals surface area (Å²) in [6, 6.07) is 14.7. The second kappa shape index (κ2) is 8.41. The molecule has 0 aliphatic heterocycles. The van der Waals surface area contributed by atoms with Crippen molar-refractivity contribution in [3.63, 3.8) is 0 Å². The zero-order valence-electron chi connectivity index (χ0n) is 19.9. The van der Waals surface area contributed by atoms with Crippen LogP contribution in [0.2, 0.25) is 0 Å². The standard InChI is InChI=1S/C30H38N/c1-20-16-26(24-10-6-5-7-11-24)19-29(22(20)3)30-28-15-14-25(23-12-8-9-13-23)18-27(28)17-21(2)31(30)4/h14-19,23-24H,5-13H2,1-4H3/q+1. The Bertz CT molecular complexity index is 1110. The molecular formula is C30H38N+. The number of hydrogen-bond donors (Lipinski definition) is 0. The molecule has 1 heteroatoms. The molecule has 31 heavy (non-hydrogen) atoms. The van der Waals surface area contributed by atoms with Crippen molar-refractivity contribution in [3.05, 3.63) is 64.3 Å². The number of hydrogen-bond acceptors (Lipinski definition) is 0. The molecule has 2 aliphatic rings. The maximum absolute atomic E-state index is 2.54. The highest BCUT2D eigenvalue weighted by molar-refractivity contribution is 5.94. The molecule has 2 saturated carbocycles. The average molecular weight is 413 g/mol. The summed E-state index contributed by atoms with van der Waals surface area (Å²) >= 11 is 0. The van der Waals surface area contributed by atoms with Gasteiger partial charge in [-0.15, -0.1) is 0 Å². The van der Waals surface area contributed by atoms with Gasteiger partial charge in [0.2, 0.25) is 5.69 Å². The highest BCUT2D eigenvalue weighted by atomic mass is 14.9. The third-order valence-electron chi connectivity index (χ3n) is 8.41. The van der Waals surface area contributed by atoms with E-state index in [1.807, 2.05) is 0 Å². The molecule has 0 amide bonds. The Balaban J connectivity index is 1.68. The van der Waals surface area contributed by atoms with Gasteiger partial charge in [0, 0.05) is 13.0 Å². The minimum atomic E-state index is 0.738. The molecule has 0 radical (unpaired) electrons. The molecule has 1 aromatic heterocycles. The van der Waals surface area contributed by atoms with Gasteiger partial charge in [-0.05, 0) is 91.1 Å². The first-order valence-electron chi connectivity index (χ1n) is 12.6. The first kappa shape index (κ1) is 20.7. The molecule has 2 aliphatic carbocycles. The SMILES string of the molecule is Cc1cc(C2CCCCC2)cc(-c2c3ccc(C4CCCC4)cc3cc(C)[n+]2C)c1C. The van der Waals surface area contributed by atoms with Gasteiger partial charge >= 0.3 is 0 Å². The largest absolute Gasteiger partial charge is 0.220 e. The minimum Gasteiger partial charge on any atom is -0.198 e. The fraction of sp³-hybridized carbons (Fsp3) is 0.500. The van der Waals surface area contributed by atoms with Gasteiger partial charge in [-0.1, -0.05) is 50.3 Å². The van der Waals surface area contributed by atoms with Crippen molar-refractivity contribution in [2.75, 3.05) is 0 Å². The van der Waals surface area contributed by atoms with E-state index in [1.165, 1.54) is 96.6 Å². The molecule has 2 fully saturated rings. The minimum absolute atomic E-state index is 0.738. The fourth-order valence-corrected chi connectivity index (χ4v) is 6.24. The average Bonchev–Trinajstić information content (AvgIpc) is 3.32. The van der Waals surface area contributed by atoms with Gasteiger partial charge in [-0.2, -0.15) is 4.57 Å². The van der Waals surface area contributed by atoms with Crippen LogP contribution in [0, 0.1) is 20.8 Å². The lowest BCUT2D eigenvalue weighted by Crippen LogP contribution is -2.35. The van der Waals surface area contributed by atoms with Crippen LogP contribution in [0.3, 0.4) is 0 Å². The molecular weight excluding hydrogens is 374 g/mol. The Morgan fingerprint density at radius 2 is 1.35 bits per heavy atom. The smallest absolute Gasteiger partial charge is 0.198 e. The van der Waals surface area contributed by atoms with Crippen LogP contribution in [0.5, 0.6) is 0 Å². The number of rotatable bonds is 3. The summed E-state index contributed by atoms with van der Waals surface area (Å²) in [6.07, 6.45) is 12.4. The molecule has 3 aromatic rings. The van der Waals surface area contributed by atoms with Crippen molar-refractivity contribution in [2.45, 2.75) is 90.4 Å². The van der Waals surface area contributed by atoms with Gasteiger partial charge in [0.15, 0.2) is 5.69 Å². The molecule has 1 heterocycles. The van der Waals surface area contributed by atoms with Crippen molar-refractivity contribution in [3.8, 4) is 11.3 Å². The Kier molecular flexibility index (Phi) is 5.63. The molecule has 5 rings (SSSR count). The number of fused-ring (bicyclic) bond motifs is 1. The molecule has 0 spiro atoms. The van der Waals surface area contributed by atoms with Gasteiger partial charge in [0.05, 0.1) is 10.9 Å². The summed E-state index contributed by atoms with van der Waals surface area (Å²) in [7, 11) is 2.25. The third-order valence-corrected chi connectivity index (χ3v) is 8.41. The highest BCUT2D eigenvalue weighted by Crippen LogP contribution is 2.39. The topological polar surface area (TPSA) is 3.88 Å². The number of pyridine rings is 1. The molecule has 0 atom stereocenters. The Morgan fingerprint density at radius 3 is 2.06 bits per heavy atom. The number of benzene rings is 2. The van der Waals surface area contributed by atoms with Crippen LogP contribution in [-0.4, -0.2) is 0 Å². The van der Waals surface area contributed by atoms with Crippen LogP contribution in [0.15, 0.2) is 36.4 Å². The Morgan fingerprint density at radius 1 is 0.710 bits per heavy atom.